The van der Waals surface area contributed by atoms with Crippen LogP contribution in [0.15, 0.2) is 51.4 Å². The van der Waals surface area contributed by atoms with E-state index in [1.807, 2.05) is 0 Å². The van der Waals surface area contributed by atoms with Gasteiger partial charge < -0.3 is 5.73 Å². The third kappa shape index (κ3) is 3.42. The van der Waals surface area contributed by atoms with Gasteiger partial charge in [0, 0.05) is 8.95 Å². The van der Waals surface area contributed by atoms with E-state index < -0.39 is 17.8 Å². The molecule has 6 heteroatoms. The summed E-state index contributed by atoms with van der Waals surface area (Å²) in [7, 11) is 0. The molecule has 2 N–H and O–H groups in total. The van der Waals surface area contributed by atoms with Crippen LogP contribution in [0.3, 0.4) is 0 Å². The summed E-state index contributed by atoms with van der Waals surface area (Å²) in [5, 5.41) is 0. The molecule has 0 aromatic heterocycles. The minimum absolute atomic E-state index is 0.0584. The van der Waals surface area contributed by atoms with Gasteiger partial charge >= 0.3 is 6.18 Å². The molecule has 0 bridgehead atoms. The summed E-state index contributed by atoms with van der Waals surface area (Å²) in [6, 6.07) is 10.1. The summed E-state index contributed by atoms with van der Waals surface area (Å²) in [6.07, 6.45) is -4.44. The molecule has 0 spiro atoms. The second-order valence-corrected chi connectivity index (χ2v) is 6.09. The molecule has 0 aliphatic heterocycles. The molecule has 0 heterocycles. The highest BCUT2D eigenvalue weighted by atomic mass is 79.9. The summed E-state index contributed by atoms with van der Waals surface area (Å²) in [6.45, 7) is 0. The fourth-order valence-electron chi connectivity index (χ4n) is 1.89. The number of alkyl halides is 3. The summed E-state index contributed by atoms with van der Waals surface area (Å²) < 4.78 is 40.5. The molecule has 1 unspecified atom stereocenters. The molecular formula is C14H10Br2F3N. The second-order valence-electron chi connectivity index (χ2n) is 4.26. The average molecular weight is 409 g/mol. The molecule has 1 atom stereocenters. The van der Waals surface area contributed by atoms with Crippen molar-refractivity contribution < 1.29 is 13.2 Å². The Bertz CT molecular complexity index is 609. The van der Waals surface area contributed by atoms with Crippen LogP contribution in [0.4, 0.5) is 13.2 Å². The van der Waals surface area contributed by atoms with E-state index in [4.69, 9.17) is 5.73 Å². The van der Waals surface area contributed by atoms with Crippen LogP contribution in [0.2, 0.25) is 0 Å². The molecule has 0 saturated heterocycles. The van der Waals surface area contributed by atoms with Gasteiger partial charge in [-0.1, -0.05) is 50.1 Å². The molecule has 0 amide bonds. The van der Waals surface area contributed by atoms with Crippen molar-refractivity contribution in [1.29, 1.82) is 0 Å². The van der Waals surface area contributed by atoms with Crippen molar-refractivity contribution in [1.82, 2.24) is 0 Å². The van der Waals surface area contributed by atoms with Crippen molar-refractivity contribution in [2.45, 2.75) is 12.2 Å². The van der Waals surface area contributed by atoms with Gasteiger partial charge in [-0.2, -0.15) is 13.2 Å². The lowest BCUT2D eigenvalue weighted by atomic mass is 9.95. The Hall–Kier alpha value is -0.850. The maximum atomic E-state index is 13.1. The van der Waals surface area contributed by atoms with E-state index in [1.54, 1.807) is 30.3 Å². The molecule has 20 heavy (non-hydrogen) atoms. The Balaban J connectivity index is 2.49. The third-order valence-corrected chi connectivity index (χ3v) is 3.91. The van der Waals surface area contributed by atoms with E-state index >= 15 is 0 Å². The highest BCUT2D eigenvalue weighted by molar-refractivity contribution is 9.10. The minimum Gasteiger partial charge on any atom is -0.320 e. The second kappa shape index (κ2) is 5.87. The van der Waals surface area contributed by atoms with E-state index in [-0.39, 0.29) is 5.56 Å². The van der Waals surface area contributed by atoms with Crippen LogP contribution in [-0.4, -0.2) is 0 Å². The van der Waals surface area contributed by atoms with Crippen molar-refractivity contribution in [2.24, 2.45) is 5.73 Å². The van der Waals surface area contributed by atoms with E-state index in [1.165, 1.54) is 6.07 Å². The van der Waals surface area contributed by atoms with Gasteiger partial charge in [-0.15, -0.1) is 0 Å². The summed E-state index contributed by atoms with van der Waals surface area (Å²) in [5.41, 5.74) is 5.95. The predicted molar refractivity (Wildman–Crippen MR) is 79.3 cm³/mol. The van der Waals surface area contributed by atoms with Gasteiger partial charge in [0.2, 0.25) is 0 Å². The fourth-order valence-corrected chi connectivity index (χ4v) is 2.52. The van der Waals surface area contributed by atoms with Gasteiger partial charge in [-0.3, -0.25) is 0 Å². The smallest absolute Gasteiger partial charge is 0.320 e. The Labute approximate surface area is 131 Å². The van der Waals surface area contributed by atoms with Crippen LogP contribution in [-0.2, 0) is 6.18 Å². The van der Waals surface area contributed by atoms with Gasteiger partial charge in [0.15, 0.2) is 0 Å². The lowest BCUT2D eigenvalue weighted by Gasteiger charge is -2.19. The van der Waals surface area contributed by atoms with Gasteiger partial charge in [-0.05, 0) is 35.4 Å². The van der Waals surface area contributed by atoms with E-state index in [2.05, 4.69) is 31.9 Å². The molecule has 1 nitrogen and oxygen atoms in total. The Kier molecular flexibility index (Phi) is 4.56. The standard InChI is InChI=1S/C14H10Br2F3N/c15-9-3-1-8(2-4-9)13(20)11-6-5-10(16)7-12(11)14(17,18)19/h1-7,13H,20H2. The summed E-state index contributed by atoms with van der Waals surface area (Å²) in [4.78, 5) is 0. The van der Waals surface area contributed by atoms with Gasteiger partial charge in [0.1, 0.15) is 0 Å². The maximum absolute atomic E-state index is 13.1. The first kappa shape index (κ1) is 15.5. The van der Waals surface area contributed by atoms with Crippen molar-refractivity contribution in [3.63, 3.8) is 0 Å². The summed E-state index contributed by atoms with van der Waals surface area (Å²) >= 11 is 6.34. The van der Waals surface area contributed by atoms with Crippen LogP contribution >= 0.6 is 31.9 Å². The molecular weight excluding hydrogens is 399 g/mol. The van der Waals surface area contributed by atoms with E-state index in [0.717, 1.165) is 10.5 Å². The lowest BCUT2D eigenvalue weighted by Crippen LogP contribution is -2.18. The molecule has 106 valence electrons. The molecule has 0 fully saturated rings. The van der Waals surface area contributed by atoms with Crippen molar-refractivity contribution in [2.75, 3.05) is 0 Å². The molecule has 0 aliphatic carbocycles. The van der Waals surface area contributed by atoms with Gasteiger partial charge in [0.05, 0.1) is 11.6 Å². The SMILES string of the molecule is NC(c1ccc(Br)cc1)c1ccc(Br)cc1C(F)(F)F. The normalized spacial score (nSPS) is 13.3. The Morgan fingerprint density at radius 3 is 2.00 bits per heavy atom. The largest absolute Gasteiger partial charge is 0.416 e. The zero-order chi connectivity index (χ0) is 14.9. The fraction of sp³-hybridized carbons (Fsp3) is 0.143. The molecule has 2 rings (SSSR count). The Morgan fingerprint density at radius 1 is 0.900 bits per heavy atom. The first-order valence-corrected chi connectivity index (χ1v) is 7.25. The topological polar surface area (TPSA) is 26.0 Å². The maximum Gasteiger partial charge on any atom is 0.416 e. The monoisotopic (exact) mass is 407 g/mol. The average Bonchev–Trinajstić information content (AvgIpc) is 2.38. The number of hydrogen-bond acceptors (Lipinski definition) is 1. The molecule has 0 radical (unpaired) electrons. The summed E-state index contributed by atoms with van der Waals surface area (Å²) in [5.74, 6) is 0. The van der Waals surface area contributed by atoms with Crippen molar-refractivity contribution in [3.8, 4) is 0 Å². The minimum atomic E-state index is -4.44. The van der Waals surface area contributed by atoms with E-state index in [0.29, 0.717) is 10.0 Å². The van der Waals surface area contributed by atoms with Crippen LogP contribution < -0.4 is 5.73 Å². The third-order valence-electron chi connectivity index (χ3n) is 2.88. The molecule has 2 aromatic rings. The zero-order valence-electron chi connectivity index (χ0n) is 10.1. The number of nitrogens with two attached hydrogens (primary N) is 1. The number of benzene rings is 2. The van der Waals surface area contributed by atoms with Crippen molar-refractivity contribution in [3.05, 3.63) is 68.1 Å². The number of rotatable bonds is 2. The van der Waals surface area contributed by atoms with Gasteiger partial charge in [-0.25, -0.2) is 0 Å². The number of hydrogen-bond donors (Lipinski definition) is 1. The van der Waals surface area contributed by atoms with Crippen LogP contribution in [0, 0.1) is 0 Å². The van der Waals surface area contributed by atoms with Gasteiger partial charge in [0.25, 0.3) is 0 Å². The van der Waals surface area contributed by atoms with Crippen LogP contribution in [0.5, 0.6) is 0 Å². The molecule has 0 saturated carbocycles. The van der Waals surface area contributed by atoms with Crippen LogP contribution in [0.1, 0.15) is 22.7 Å². The highest BCUT2D eigenvalue weighted by Crippen LogP contribution is 2.37. The first-order valence-electron chi connectivity index (χ1n) is 5.66. The highest BCUT2D eigenvalue weighted by Gasteiger charge is 2.35. The Morgan fingerprint density at radius 2 is 1.45 bits per heavy atom. The zero-order valence-corrected chi connectivity index (χ0v) is 13.3. The lowest BCUT2D eigenvalue weighted by molar-refractivity contribution is -0.138. The predicted octanol–water partition coefficient (Wildman–Crippen LogP) is 5.28. The number of halogens is 5. The first-order chi connectivity index (χ1) is 9.29. The molecule has 2 aromatic carbocycles. The van der Waals surface area contributed by atoms with Crippen molar-refractivity contribution >= 4 is 31.9 Å². The van der Waals surface area contributed by atoms with E-state index in [9.17, 15) is 13.2 Å². The van der Waals surface area contributed by atoms with Crippen LogP contribution in [0.25, 0.3) is 0 Å². The molecule has 0 aliphatic rings. The quantitative estimate of drug-likeness (QED) is 0.718.